The molecule has 0 saturated carbocycles. The maximum absolute atomic E-state index is 11.8. The van der Waals surface area contributed by atoms with Crippen LogP contribution in [0.25, 0.3) is 11.1 Å². The summed E-state index contributed by atoms with van der Waals surface area (Å²) in [5.41, 5.74) is 17.1. The van der Waals surface area contributed by atoms with Gasteiger partial charge in [-0.1, -0.05) is 57.8 Å². The molecule has 6 aromatic rings. The molecule has 0 fully saturated rings. The summed E-state index contributed by atoms with van der Waals surface area (Å²) in [7, 11) is 0. The zero-order valence-electron chi connectivity index (χ0n) is 37.9. The normalized spacial score (nSPS) is 12.1. The second-order valence-electron chi connectivity index (χ2n) is 16.9. The van der Waals surface area contributed by atoms with Gasteiger partial charge in [-0.15, -0.1) is 0 Å². The van der Waals surface area contributed by atoms with Crippen LogP contribution < -0.4 is 19.3 Å². The quantitative estimate of drug-likeness (QED) is 0.0298. The number of aryl methyl sites for hydroxylation is 4. The van der Waals surface area contributed by atoms with Crippen molar-refractivity contribution >= 4 is 40.1 Å². The van der Waals surface area contributed by atoms with E-state index >= 15 is 0 Å². The molecular weight excluding hydrogens is 781 g/mol. The van der Waals surface area contributed by atoms with Crippen LogP contribution in [0, 0.1) is 27.7 Å². The van der Waals surface area contributed by atoms with Gasteiger partial charge in [-0.05, 0) is 189 Å². The van der Waals surface area contributed by atoms with E-state index < -0.39 is 5.97 Å². The topological polar surface area (TPSA) is 60.5 Å². The van der Waals surface area contributed by atoms with Crippen molar-refractivity contribution in [2.75, 3.05) is 36.2 Å². The lowest BCUT2D eigenvalue weighted by atomic mass is 9.82. The fourth-order valence-corrected chi connectivity index (χ4v) is 7.86. The van der Waals surface area contributed by atoms with Crippen LogP contribution in [-0.4, -0.2) is 32.4 Å². The molecule has 7 nitrogen and oxygen atoms in total. The standard InChI is InChI=1S/C56H58N2O5/c1-36(2)42(9)60-28-29-61-49-22-16-43(17-23-49)57(45-14-12-38(5)40(7)32-45)47-20-26-51-52-27-21-48(35-54(52)56(10,11)53(51)34-47)58(46-15-13-39(6)41(8)33-46)44-18-24-50(25-19-44)62-30-31-63-55(59)37(3)4/h12-27,32-35H,1,3,9,28-31H2,2,4-8,10-11H3. The number of nitrogens with zero attached hydrogens (tertiary/aromatic N) is 2. The molecule has 322 valence electrons. The number of carbonyl (C=O) groups is 1. The number of esters is 1. The van der Waals surface area contributed by atoms with Gasteiger partial charge >= 0.3 is 5.97 Å². The molecule has 7 heteroatoms. The van der Waals surface area contributed by atoms with Crippen LogP contribution in [0.5, 0.6) is 11.5 Å². The number of hydrogen-bond donors (Lipinski definition) is 0. The molecule has 0 N–H and O–H groups in total. The summed E-state index contributed by atoms with van der Waals surface area (Å²) in [6.07, 6.45) is 0. The molecule has 0 radical (unpaired) electrons. The summed E-state index contributed by atoms with van der Waals surface area (Å²) in [6, 6.07) is 43.3. The molecule has 0 atom stereocenters. The van der Waals surface area contributed by atoms with Gasteiger partial charge in [0.25, 0.3) is 0 Å². The maximum Gasteiger partial charge on any atom is 0.333 e. The van der Waals surface area contributed by atoms with E-state index in [9.17, 15) is 4.79 Å². The van der Waals surface area contributed by atoms with Crippen molar-refractivity contribution in [3.8, 4) is 22.6 Å². The molecule has 0 saturated heterocycles. The van der Waals surface area contributed by atoms with Crippen LogP contribution in [0.3, 0.4) is 0 Å². The monoisotopic (exact) mass is 838 g/mol. The first-order valence-electron chi connectivity index (χ1n) is 21.4. The van der Waals surface area contributed by atoms with E-state index in [2.05, 4.69) is 168 Å². The Morgan fingerprint density at radius 3 is 1.25 bits per heavy atom. The molecule has 1 aliphatic carbocycles. The number of fused-ring (bicyclic) bond motifs is 3. The SMILES string of the molecule is C=C(C)C(=C)OCCOc1ccc(N(c2ccc(C)c(C)c2)c2ccc3c(c2)C(C)(C)c2cc(N(c4ccc(OCCOC(=O)C(=C)C)cc4)c4ccc(C)c(C)c4)ccc2-3)cc1. The van der Waals surface area contributed by atoms with Crippen molar-refractivity contribution in [2.45, 2.75) is 60.8 Å². The van der Waals surface area contributed by atoms with Crippen LogP contribution in [0.4, 0.5) is 34.1 Å². The van der Waals surface area contributed by atoms with Gasteiger partial charge in [-0.2, -0.15) is 0 Å². The highest BCUT2D eigenvalue weighted by molar-refractivity contribution is 5.89. The van der Waals surface area contributed by atoms with Crippen LogP contribution >= 0.6 is 0 Å². The minimum Gasteiger partial charge on any atom is -0.490 e. The lowest BCUT2D eigenvalue weighted by molar-refractivity contribution is -0.139. The van der Waals surface area contributed by atoms with Gasteiger partial charge in [-0.25, -0.2) is 4.79 Å². The van der Waals surface area contributed by atoms with Crippen molar-refractivity contribution in [3.63, 3.8) is 0 Å². The van der Waals surface area contributed by atoms with Gasteiger partial charge in [0.15, 0.2) is 0 Å². The number of carbonyl (C=O) groups excluding carboxylic acids is 1. The summed E-state index contributed by atoms with van der Waals surface area (Å²) in [4.78, 5) is 16.4. The Balaban J connectivity index is 1.20. The summed E-state index contributed by atoms with van der Waals surface area (Å²) >= 11 is 0. The Morgan fingerprint density at radius 1 is 0.476 bits per heavy atom. The fourth-order valence-electron chi connectivity index (χ4n) is 7.86. The Labute approximate surface area is 373 Å². The minimum atomic E-state index is -0.420. The highest BCUT2D eigenvalue weighted by Gasteiger charge is 2.37. The van der Waals surface area contributed by atoms with Gasteiger partial charge in [-0.3, -0.25) is 0 Å². The Hall–Kier alpha value is -6.99. The number of ether oxygens (including phenoxy) is 4. The molecule has 6 aromatic carbocycles. The summed E-state index contributed by atoms with van der Waals surface area (Å²) in [6.45, 7) is 29.4. The molecular formula is C56H58N2O5. The van der Waals surface area contributed by atoms with Crippen LogP contribution in [0.1, 0.15) is 61.1 Å². The number of benzene rings is 6. The average Bonchev–Trinajstić information content (AvgIpc) is 3.49. The maximum atomic E-state index is 11.8. The second kappa shape index (κ2) is 18.5. The van der Waals surface area contributed by atoms with Gasteiger partial charge < -0.3 is 28.7 Å². The number of rotatable bonds is 17. The first kappa shape index (κ1) is 44.1. The van der Waals surface area contributed by atoms with Gasteiger partial charge in [0.1, 0.15) is 43.7 Å². The molecule has 0 heterocycles. The Morgan fingerprint density at radius 2 is 0.857 bits per heavy atom. The highest BCUT2D eigenvalue weighted by atomic mass is 16.6. The summed E-state index contributed by atoms with van der Waals surface area (Å²) in [5, 5.41) is 0. The number of hydrogen-bond acceptors (Lipinski definition) is 7. The second-order valence-corrected chi connectivity index (χ2v) is 16.9. The van der Waals surface area contributed by atoms with Crippen molar-refractivity contribution in [1.29, 1.82) is 0 Å². The van der Waals surface area contributed by atoms with E-state index in [0.29, 0.717) is 30.3 Å². The van der Waals surface area contributed by atoms with Crippen molar-refractivity contribution < 1.29 is 23.7 Å². The average molecular weight is 839 g/mol. The van der Waals surface area contributed by atoms with Crippen molar-refractivity contribution in [3.05, 3.63) is 191 Å². The third-order valence-corrected chi connectivity index (χ3v) is 11.9. The molecule has 0 amide bonds. The minimum absolute atomic E-state index is 0.147. The molecule has 63 heavy (non-hydrogen) atoms. The van der Waals surface area contributed by atoms with Crippen LogP contribution in [0.15, 0.2) is 158 Å². The predicted octanol–water partition coefficient (Wildman–Crippen LogP) is 14.1. The highest BCUT2D eigenvalue weighted by Crippen LogP contribution is 2.52. The van der Waals surface area contributed by atoms with Crippen LogP contribution in [0.2, 0.25) is 0 Å². The van der Waals surface area contributed by atoms with Gasteiger partial charge in [0.2, 0.25) is 0 Å². The van der Waals surface area contributed by atoms with E-state index in [1.54, 1.807) is 6.92 Å². The fraction of sp³-hybridized carbons (Fsp3) is 0.232. The third kappa shape index (κ3) is 9.58. The smallest absolute Gasteiger partial charge is 0.333 e. The van der Waals surface area contributed by atoms with E-state index in [1.807, 2.05) is 31.2 Å². The zero-order chi connectivity index (χ0) is 45.0. The summed E-state index contributed by atoms with van der Waals surface area (Å²) < 4.78 is 22.8. The van der Waals surface area contributed by atoms with E-state index in [1.165, 1.54) is 44.5 Å². The van der Waals surface area contributed by atoms with E-state index in [-0.39, 0.29) is 18.6 Å². The number of anilines is 6. The predicted molar refractivity (Wildman–Crippen MR) is 259 cm³/mol. The molecule has 7 rings (SSSR count). The van der Waals surface area contributed by atoms with Gasteiger partial charge in [0, 0.05) is 45.1 Å². The largest absolute Gasteiger partial charge is 0.490 e. The van der Waals surface area contributed by atoms with Gasteiger partial charge in [0.05, 0.1) is 0 Å². The van der Waals surface area contributed by atoms with Crippen molar-refractivity contribution in [2.24, 2.45) is 0 Å². The Kier molecular flexibility index (Phi) is 13.0. The molecule has 1 aliphatic rings. The first-order chi connectivity index (χ1) is 30.1. The third-order valence-electron chi connectivity index (χ3n) is 11.9. The molecule has 0 spiro atoms. The first-order valence-corrected chi connectivity index (χ1v) is 21.4. The zero-order valence-corrected chi connectivity index (χ0v) is 37.9. The number of allylic oxidation sites excluding steroid dienone is 1. The van der Waals surface area contributed by atoms with E-state index in [4.69, 9.17) is 18.9 Å². The summed E-state index contributed by atoms with van der Waals surface area (Å²) in [5.74, 6) is 1.61. The molecule has 0 unspecified atom stereocenters. The van der Waals surface area contributed by atoms with Crippen molar-refractivity contribution in [1.82, 2.24) is 0 Å². The van der Waals surface area contributed by atoms with E-state index in [0.717, 1.165) is 45.4 Å². The Bertz CT molecular complexity index is 2510. The molecule has 0 aromatic heterocycles. The lowest BCUT2D eigenvalue weighted by Gasteiger charge is -2.29. The lowest BCUT2D eigenvalue weighted by Crippen LogP contribution is -2.18. The van der Waals surface area contributed by atoms with Crippen LogP contribution in [-0.2, 0) is 19.7 Å². The molecule has 0 aliphatic heterocycles. The molecule has 0 bridgehead atoms.